The Morgan fingerprint density at radius 1 is 1.41 bits per heavy atom. The Morgan fingerprint density at radius 2 is 2.18 bits per heavy atom. The summed E-state index contributed by atoms with van der Waals surface area (Å²) in [6, 6.07) is 7.21. The molecule has 1 aromatic heterocycles. The van der Waals surface area contributed by atoms with Crippen molar-refractivity contribution in [3.8, 4) is 11.4 Å². The molecule has 0 bridgehead atoms. The Morgan fingerprint density at radius 3 is 2.91 bits per heavy atom. The summed E-state index contributed by atoms with van der Waals surface area (Å²) in [7, 11) is 0. The minimum Gasteiger partial charge on any atom is -0.481 e. The summed E-state index contributed by atoms with van der Waals surface area (Å²) in [6.07, 6.45) is 1.60. The quantitative estimate of drug-likeness (QED) is 0.932. The molecule has 2 heterocycles. The number of benzene rings is 1. The summed E-state index contributed by atoms with van der Waals surface area (Å²) in [4.78, 5) is 17.5. The molecule has 0 radical (unpaired) electrons. The van der Waals surface area contributed by atoms with Gasteiger partial charge in [-0.3, -0.25) is 9.69 Å². The molecular formula is C15H16ClN3O3. The first kappa shape index (κ1) is 15.0. The van der Waals surface area contributed by atoms with Crippen molar-refractivity contribution in [2.45, 2.75) is 19.4 Å². The van der Waals surface area contributed by atoms with Gasteiger partial charge in [0.1, 0.15) is 0 Å². The molecule has 22 heavy (non-hydrogen) atoms. The van der Waals surface area contributed by atoms with E-state index in [2.05, 4.69) is 10.1 Å². The van der Waals surface area contributed by atoms with Gasteiger partial charge in [-0.1, -0.05) is 16.8 Å². The number of carboxylic acid groups (broad SMARTS) is 1. The highest BCUT2D eigenvalue weighted by atomic mass is 35.5. The smallest absolute Gasteiger partial charge is 0.307 e. The molecule has 0 spiro atoms. The molecule has 2 aromatic rings. The van der Waals surface area contributed by atoms with Crippen molar-refractivity contribution in [2.75, 3.05) is 13.1 Å². The van der Waals surface area contributed by atoms with E-state index in [-0.39, 0.29) is 5.92 Å². The lowest BCUT2D eigenvalue weighted by Crippen LogP contribution is -2.38. The molecule has 7 heteroatoms. The molecule has 1 aliphatic heterocycles. The van der Waals surface area contributed by atoms with Crippen molar-refractivity contribution < 1.29 is 14.4 Å². The van der Waals surface area contributed by atoms with Gasteiger partial charge in [-0.2, -0.15) is 4.98 Å². The van der Waals surface area contributed by atoms with Crippen LogP contribution in [0.2, 0.25) is 5.02 Å². The standard InChI is InChI=1S/C15H16ClN3O3/c16-12-5-3-10(4-6-12)14-17-13(22-18-14)9-19-7-1-2-11(8-19)15(20)21/h3-6,11H,1-2,7-9H2,(H,20,21). The van der Waals surface area contributed by atoms with Crippen LogP contribution in [0.4, 0.5) is 0 Å². The van der Waals surface area contributed by atoms with Gasteiger partial charge in [0.25, 0.3) is 0 Å². The van der Waals surface area contributed by atoms with Crippen molar-refractivity contribution in [3.05, 3.63) is 35.2 Å². The van der Waals surface area contributed by atoms with Crippen molar-refractivity contribution >= 4 is 17.6 Å². The summed E-state index contributed by atoms with van der Waals surface area (Å²) >= 11 is 5.85. The molecule has 0 aliphatic carbocycles. The second kappa shape index (κ2) is 6.46. The molecule has 0 amide bonds. The third kappa shape index (κ3) is 3.45. The average molecular weight is 322 g/mol. The maximum Gasteiger partial charge on any atom is 0.307 e. The molecule has 6 nitrogen and oxygen atoms in total. The number of carboxylic acids is 1. The van der Waals surface area contributed by atoms with Crippen molar-refractivity contribution in [1.82, 2.24) is 15.0 Å². The second-order valence-electron chi connectivity index (χ2n) is 5.43. The van der Waals surface area contributed by atoms with E-state index in [0.717, 1.165) is 24.9 Å². The Bertz CT molecular complexity index is 656. The van der Waals surface area contributed by atoms with Gasteiger partial charge in [0.15, 0.2) is 0 Å². The Labute approximate surface area is 132 Å². The fourth-order valence-electron chi connectivity index (χ4n) is 2.63. The number of likely N-dealkylation sites (tertiary alicyclic amines) is 1. The first-order valence-electron chi connectivity index (χ1n) is 7.15. The number of halogens is 1. The van der Waals surface area contributed by atoms with Crippen molar-refractivity contribution in [1.29, 1.82) is 0 Å². The van der Waals surface area contributed by atoms with Gasteiger partial charge in [-0.25, -0.2) is 0 Å². The van der Waals surface area contributed by atoms with Gasteiger partial charge < -0.3 is 9.63 Å². The monoisotopic (exact) mass is 321 g/mol. The highest BCUT2D eigenvalue weighted by molar-refractivity contribution is 6.30. The molecule has 3 rings (SSSR count). The molecule has 1 atom stereocenters. The van der Waals surface area contributed by atoms with E-state index in [0.29, 0.717) is 29.8 Å². The molecule has 1 aliphatic rings. The van der Waals surface area contributed by atoms with E-state index in [1.807, 2.05) is 17.0 Å². The fourth-order valence-corrected chi connectivity index (χ4v) is 2.75. The Kier molecular flexibility index (Phi) is 4.40. The number of piperidine rings is 1. The molecule has 1 aromatic carbocycles. The lowest BCUT2D eigenvalue weighted by molar-refractivity contribution is -0.143. The van der Waals surface area contributed by atoms with Gasteiger partial charge in [-0.15, -0.1) is 0 Å². The van der Waals surface area contributed by atoms with Crippen LogP contribution in [0.1, 0.15) is 18.7 Å². The van der Waals surface area contributed by atoms with Gasteiger partial charge in [0.05, 0.1) is 12.5 Å². The van der Waals surface area contributed by atoms with Crippen LogP contribution in [0.15, 0.2) is 28.8 Å². The fraction of sp³-hybridized carbons (Fsp3) is 0.400. The summed E-state index contributed by atoms with van der Waals surface area (Å²) < 4.78 is 5.26. The molecular weight excluding hydrogens is 306 g/mol. The molecule has 116 valence electrons. The molecule has 1 fully saturated rings. The maximum atomic E-state index is 11.1. The predicted octanol–water partition coefficient (Wildman–Crippen LogP) is 2.69. The minimum atomic E-state index is -0.739. The van der Waals surface area contributed by atoms with Crippen LogP contribution < -0.4 is 0 Å². The van der Waals surface area contributed by atoms with E-state index in [9.17, 15) is 4.79 Å². The lowest BCUT2D eigenvalue weighted by atomic mass is 9.98. The van der Waals surface area contributed by atoms with Gasteiger partial charge in [0, 0.05) is 17.1 Å². The lowest BCUT2D eigenvalue weighted by Gasteiger charge is -2.29. The largest absolute Gasteiger partial charge is 0.481 e. The van der Waals surface area contributed by atoms with Gasteiger partial charge >= 0.3 is 5.97 Å². The highest BCUT2D eigenvalue weighted by Crippen LogP contribution is 2.21. The SMILES string of the molecule is O=C(O)C1CCCN(Cc2nc(-c3ccc(Cl)cc3)no2)C1. The summed E-state index contributed by atoms with van der Waals surface area (Å²) in [6.45, 7) is 1.85. The van der Waals surface area contributed by atoms with E-state index in [1.54, 1.807) is 12.1 Å². The molecule has 1 unspecified atom stereocenters. The van der Waals surface area contributed by atoms with Crippen molar-refractivity contribution in [3.63, 3.8) is 0 Å². The van der Waals surface area contributed by atoms with E-state index < -0.39 is 5.97 Å². The van der Waals surface area contributed by atoms with Crippen LogP contribution in [0.5, 0.6) is 0 Å². The molecule has 1 N–H and O–H groups in total. The zero-order valence-electron chi connectivity index (χ0n) is 11.9. The molecule has 0 saturated carbocycles. The minimum absolute atomic E-state index is 0.313. The van der Waals surface area contributed by atoms with Crippen LogP contribution in [0.25, 0.3) is 11.4 Å². The first-order chi connectivity index (χ1) is 10.6. The Hall–Kier alpha value is -1.92. The van der Waals surface area contributed by atoms with E-state index in [4.69, 9.17) is 21.2 Å². The maximum absolute atomic E-state index is 11.1. The predicted molar refractivity (Wildman–Crippen MR) is 80.4 cm³/mol. The molecule has 1 saturated heterocycles. The van der Waals surface area contributed by atoms with Crippen LogP contribution in [0.3, 0.4) is 0 Å². The van der Waals surface area contributed by atoms with E-state index >= 15 is 0 Å². The number of hydrogen-bond acceptors (Lipinski definition) is 5. The topological polar surface area (TPSA) is 79.5 Å². The number of aromatic nitrogens is 2. The average Bonchev–Trinajstić information content (AvgIpc) is 2.96. The number of hydrogen-bond donors (Lipinski definition) is 1. The zero-order valence-corrected chi connectivity index (χ0v) is 12.7. The van der Waals surface area contributed by atoms with Crippen LogP contribution in [-0.4, -0.2) is 39.2 Å². The zero-order chi connectivity index (χ0) is 15.5. The first-order valence-corrected chi connectivity index (χ1v) is 7.53. The van der Waals surface area contributed by atoms with Crippen LogP contribution in [0, 0.1) is 5.92 Å². The number of carbonyl (C=O) groups is 1. The summed E-state index contributed by atoms with van der Waals surface area (Å²) in [5.41, 5.74) is 0.835. The number of nitrogens with zero attached hydrogens (tertiary/aromatic N) is 3. The van der Waals surface area contributed by atoms with Gasteiger partial charge in [-0.05, 0) is 43.7 Å². The number of aliphatic carboxylic acids is 1. The third-order valence-electron chi connectivity index (χ3n) is 3.78. The highest BCUT2D eigenvalue weighted by Gasteiger charge is 2.26. The van der Waals surface area contributed by atoms with Crippen LogP contribution >= 0.6 is 11.6 Å². The third-order valence-corrected chi connectivity index (χ3v) is 4.04. The summed E-state index contributed by atoms with van der Waals surface area (Å²) in [5, 5.41) is 13.7. The summed E-state index contributed by atoms with van der Waals surface area (Å²) in [5.74, 6) is -0.0426. The normalized spacial score (nSPS) is 19.2. The second-order valence-corrected chi connectivity index (χ2v) is 5.87. The van der Waals surface area contributed by atoms with Gasteiger partial charge in [0.2, 0.25) is 11.7 Å². The van der Waals surface area contributed by atoms with E-state index in [1.165, 1.54) is 0 Å². The Balaban J connectivity index is 1.66. The van der Waals surface area contributed by atoms with Crippen molar-refractivity contribution in [2.24, 2.45) is 5.92 Å². The van der Waals surface area contributed by atoms with Crippen LogP contribution in [-0.2, 0) is 11.3 Å². The number of rotatable bonds is 4.